The van der Waals surface area contributed by atoms with Crippen molar-refractivity contribution < 1.29 is 13.2 Å². The number of aromatic nitrogens is 1. The number of rotatable bonds is 8. The zero-order chi connectivity index (χ0) is 23.3. The fourth-order valence-electron chi connectivity index (χ4n) is 2.90. The summed E-state index contributed by atoms with van der Waals surface area (Å²) >= 11 is 8.38. The molecule has 0 spiro atoms. The molecule has 0 bridgehead atoms. The molecule has 2 N–H and O–H groups in total. The summed E-state index contributed by atoms with van der Waals surface area (Å²) in [4.78, 5) is 18.0. The molecule has 0 aliphatic heterocycles. The summed E-state index contributed by atoms with van der Waals surface area (Å²) in [6.45, 7) is 0. The highest BCUT2D eigenvalue weighted by Crippen LogP contribution is 2.37. The zero-order valence-corrected chi connectivity index (χ0v) is 20.2. The summed E-state index contributed by atoms with van der Waals surface area (Å²) < 4.78 is 27.7. The van der Waals surface area contributed by atoms with E-state index in [0.717, 1.165) is 21.8 Å². The summed E-state index contributed by atoms with van der Waals surface area (Å²) in [5, 5.41) is 4.48. The average Bonchev–Trinajstić information content (AvgIpc) is 3.37. The van der Waals surface area contributed by atoms with E-state index in [1.165, 1.54) is 18.0 Å². The third kappa shape index (κ3) is 6.14. The molecule has 0 fully saturated rings. The summed E-state index contributed by atoms with van der Waals surface area (Å²) in [6, 6.07) is 22.8. The standard InChI is InChI=1S/C23H18ClN3O3S3/c24-17-8-13-20(25-15-17)26-23(28)22(16-5-2-1-3-6-16)32-19-11-9-18(10-12-19)27-33(29,30)21-7-4-14-31-21/h1-15,22,27H,(H,25,26,28). The van der Waals surface area contributed by atoms with Crippen molar-refractivity contribution in [3.8, 4) is 0 Å². The molecule has 0 aliphatic carbocycles. The van der Waals surface area contributed by atoms with Gasteiger partial charge in [-0.1, -0.05) is 48.0 Å². The van der Waals surface area contributed by atoms with E-state index in [0.29, 0.717) is 16.5 Å². The fourth-order valence-corrected chi connectivity index (χ4v) is 6.09. The Morgan fingerprint density at radius 1 is 0.970 bits per heavy atom. The predicted octanol–water partition coefficient (Wildman–Crippen LogP) is 6.07. The topological polar surface area (TPSA) is 88.2 Å². The molecule has 1 amide bonds. The molecule has 0 saturated carbocycles. The molecule has 2 heterocycles. The van der Waals surface area contributed by atoms with Crippen LogP contribution in [0.4, 0.5) is 11.5 Å². The number of hydrogen-bond donors (Lipinski definition) is 2. The monoisotopic (exact) mass is 515 g/mol. The van der Waals surface area contributed by atoms with Crippen LogP contribution in [0.5, 0.6) is 0 Å². The molecular formula is C23H18ClN3O3S3. The second-order valence-electron chi connectivity index (χ2n) is 6.82. The number of nitrogens with one attached hydrogen (secondary N) is 2. The number of hydrogen-bond acceptors (Lipinski definition) is 6. The highest BCUT2D eigenvalue weighted by atomic mass is 35.5. The van der Waals surface area contributed by atoms with Crippen LogP contribution in [0.25, 0.3) is 0 Å². The maximum atomic E-state index is 13.1. The first kappa shape index (κ1) is 23.3. The molecule has 6 nitrogen and oxygen atoms in total. The predicted molar refractivity (Wildman–Crippen MR) is 134 cm³/mol. The number of anilines is 2. The first-order chi connectivity index (χ1) is 15.9. The molecule has 33 heavy (non-hydrogen) atoms. The molecule has 0 saturated heterocycles. The first-order valence-electron chi connectivity index (χ1n) is 9.71. The average molecular weight is 516 g/mol. The van der Waals surface area contributed by atoms with Gasteiger partial charge in [-0.05, 0) is 53.4 Å². The smallest absolute Gasteiger partial charge is 0.271 e. The van der Waals surface area contributed by atoms with Gasteiger partial charge in [0, 0.05) is 16.8 Å². The lowest BCUT2D eigenvalue weighted by Gasteiger charge is -2.17. The van der Waals surface area contributed by atoms with E-state index >= 15 is 0 Å². The number of thiophene rings is 1. The van der Waals surface area contributed by atoms with Crippen molar-refractivity contribution in [1.82, 2.24) is 4.98 Å². The Morgan fingerprint density at radius 2 is 1.73 bits per heavy atom. The lowest BCUT2D eigenvalue weighted by Crippen LogP contribution is -2.19. The van der Waals surface area contributed by atoms with E-state index in [4.69, 9.17) is 11.6 Å². The number of amides is 1. The molecular weight excluding hydrogens is 498 g/mol. The minimum atomic E-state index is -3.62. The molecule has 4 rings (SSSR count). The molecule has 4 aromatic rings. The number of thioether (sulfide) groups is 1. The highest BCUT2D eigenvalue weighted by Gasteiger charge is 2.23. The number of sulfonamides is 1. The molecule has 1 unspecified atom stereocenters. The minimum Gasteiger partial charge on any atom is -0.309 e. The van der Waals surface area contributed by atoms with Crippen LogP contribution in [-0.4, -0.2) is 19.3 Å². The van der Waals surface area contributed by atoms with Crippen molar-refractivity contribution in [3.63, 3.8) is 0 Å². The van der Waals surface area contributed by atoms with Crippen LogP contribution >= 0.6 is 34.7 Å². The number of benzene rings is 2. The van der Waals surface area contributed by atoms with Gasteiger partial charge in [0.15, 0.2) is 0 Å². The van der Waals surface area contributed by atoms with Gasteiger partial charge in [-0.3, -0.25) is 9.52 Å². The van der Waals surface area contributed by atoms with Crippen LogP contribution in [0.15, 0.2) is 99.5 Å². The second-order valence-corrected chi connectivity index (χ2v) is 11.3. The molecule has 168 valence electrons. The Bertz CT molecular complexity index is 1310. The Balaban J connectivity index is 1.51. The van der Waals surface area contributed by atoms with E-state index in [1.807, 2.05) is 30.3 Å². The SMILES string of the molecule is O=C(Nc1ccc(Cl)cn1)C(Sc1ccc(NS(=O)(=O)c2cccs2)cc1)c1ccccc1. The fraction of sp³-hybridized carbons (Fsp3) is 0.0435. The van der Waals surface area contributed by atoms with Crippen LogP contribution in [0, 0.1) is 0 Å². The summed E-state index contributed by atoms with van der Waals surface area (Å²) in [7, 11) is -3.62. The summed E-state index contributed by atoms with van der Waals surface area (Å²) in [6.07, 6.45) is 1.47. The summed E-state index contributed by atoms with van der Waals surface area (Å²) in [5.74, 6) is 0.174. The molecule has 2 aromatic heterocycles. The first-order valence-corrected chi connectivity index (χ1v) is 13.3. The van der Waals surface area contributed by atoms with E-state index in [9.17, 15) is 13.2 Å². The van der Waals surface area contributed by atoms with E-state index in [-0.39, 0.29) is 10.1 Å². The third-order valence-corrected chi connectivity index (χ3v) is 8.71. The Hall–Kier alpha value is -2.85. The number of carbonyl (C=O) groups is 1. The number of pyridine rings is 1. The van der Waals surface area contributed by atoms with Gasteiger partial charge >= 0.3 is 0 Å². The van der Waals surface area contributed by atoms with Crippen molar-refractivity contribution in [3.05, 3.63) is 101 Å². The molecule has 0 radical (unpaired) electrons. The van der Waals surface area contributed by atoms with Crippen molar-refractivity contribution >= 4 is 62.1 Å². The minimum absolute atomic E-state index is 0.233. The quantitative estimate of drug-likeness (QED) is 0.278. The molecule has 2 aromatic carbocycles. The molecule has 10 heteroatoms. The van der Waals surface area contributed by atoms with Crippen molar-refractivity contribution in [2.75, 3.05) is 10.0 Å². The highest BCUT2D eigenvalue weighted by molar-refractivity contribution is 8.00. The van der Waals surface area contributed by atoms with E-state index in [1.54, 1.807) is 53.9 Å². The number of halogens is 1. The van der Waals surface area contributed by atoms with Gasteiger partial charge in [0.05, 0.1) is 5.02 Å². The van der Waals surface area contributed by atoms with Gasteiger partial charge in [0.1, 0.15) is 15.3 Å². The third-order valence-electron chi connectivity index (χ3n) is 4.44. The van der Waals surface area contributed by atoms with Gasteiger partial charge in [-0.2, -0.15) is 0 Å². The van der Waals surface area contributed by atoms with Gasteiger partial charge < -0.3 is 5.32 Å². The van der Waals surface area contributed by atoms with E-state index < -0.39 is 15.3 Å². The van der Waals surface area contributed by atoms with Crippen LogP contribution in [-0.2, 0) is 14.8 Å². The molecule has 0 aliphatic rings. The van der Waals surface area contributed by atoms with Gasteiger partial charge in [0.2, 0.25) is 5.91 Å². The van der Waals surface area contributed by atoms with Gasteiger partial charge in [-0.25, -0.2) is 13.4 Å². The van der Waals surface area contributed by atoms with Crippen molar-refractivity contribution in [2.45, 2.75) is 14.4 Å². The number of carbonyl (C=O) groups excluding carboxylic acids is 1. The lowest BCUT2D eigenvalue weighted by molar-refractivity contribution is -0.115. The van der Waals surface area contributed by atoms with Gasteiger partial charge in [-0.15, -0.1) is 23.1 Å². The van der Waals surface area contributed by atoms with Crippen LogP contribution in [0.1, 0.15) is 10.8 Å². The second kappa shape index (κ2) is 10.4. The summed E-state index contributed by atoms with van der Waals surface area (Å²) in [5.41, 5.74) is 1.27. The normalized spacial score (nSPS) is 12.2. The van der Waals surface area contributed by atoms with Crippen LogP contribution < -0.4 is 10.0 Å². The molecule has 1 atom stereocenters. The lowest BCUT2D eigenvalue weighted by atomic mass is 10.1. The zero-order valence-electron chi connectivity index (χ0n) is 17.0. The maximum absolute atomic E-state index is 13.1. The van der Waals surface area contributed by atoms with E-state index in [2.05, 4.69) is 15.0 Å². The Kier molecular flexibility index (Phi) is 7.34. The van der Waals surface area contributed by atoms with Gasteiger partial charge in [0.25, 0.3) is 10.0 Å². The Labute approximate surface area is 205 Å². The Morgan fingerprint density at radius 3 is 2.36 bits per heavy atom. The largest absolute Gasteiger partial charge is 0.309 e. The van der Waals surface area contributed by atoms with Crippen LogP contribution in [0.3, 0.4) is 0 Å². The van der Waals surface area contributed by atoms with Crippen molar-refractivity contribution in [1.29, 1.82) is 0 Å². The number of nitrogens with zero attached hydrogens (tertiary/aromatic N) is 1. The van der Waals surface area contributed by atoms with Crippen LogP contribution in [0.2, 0.25) is 5.02 Å². The van der Waals surface area contributed by atoms with Crippen molar-refractivity contribution in [2.24, 2.45) is 0 Å². The maximum Gasteiger partial charge on any atom is 0.271 e.